The number of halogens is 1. The molecular formula is C15H15BrN2O. The first kappa shape index (κ1) is 14.0. The molecule has 1 aromatic carbocycles. The van der Waals surface area contributed by atoms with Gasteiger partial charge in [0.15, 0.2) is 0 Å². The van der Waals surface area contributed by atoms with E-state index >= 15 is 0 Å². The summed E-state index contributed by atoms with van der Waals surface area (Å²) in [6, 6.07) is 9.73. The molecule has 2 aromatic rings. The van der Waals surface area contributed by atoms with Gasteiger partial charge in [0.25, 0.3) is 0 Å². The van der Waals surface area contributed by atoms with Crippen LogP contribution in [-0.2, 0) is 0 Å². The van der Waals surface area contributed by atoms with Crippen LogP contribution >= 0.6 is 15.9 Å². The van der Waals surface area contributed by atoms with Crippen LogP contribution < -0.4 is 0 Å². The van der Waals surface area contributed by atoms with E-state index in [4.69, 9.17) is 0 Å². The van der Waals surface area contributed by atoms with E-state index < -0.39 is 12.0 Å². The van der Waals surface area contributed by atoms with Gasteiger partial charge in [-0.2, -0.15) is 5.26 Å². The highest BCUT2D eigenvalue weighted by atomic mass is 79.9. The molecule has 1 heterocycles. The molecule has 19 heavy (non-hydrogen) atoms. The second-order valence-electron chi connectivity index (χ2n) is 4.51. The van der Waals surface area contributed by atoms with E-state index in [1.807, 2.05) is 31.2 Å². The van der Waals surface area contributed by atoms with Gasteiger partial charge < -0.3 is 5.11 Å². The van der Waals surface area contributed by atoms with Gasteiger partial charge in [0.1, 0.15) is 0 Å². The molecule has 1 aromatic heterocycles. The van der Waals surface area contributed by atoms with Crippen molar-refractivity contribution in [3.05, 3.63) is 40.5 Å². The molecule has 0 amide bonds. The van der Waals surface area contributed by atoms with Crippen LogP contribution in [0.2, 0.25) is 0 Å². The maximum absolute atomic E-state index is 10.4. The monoisotopic (exact) mass is 318 g/mol. The van der Waals surface area contributed by atoms with Crippen LogP contribution in [0.25, 0.3) is 10.9 Å². The average molecular weight is 319 g/mol. The largest absolute Gasteiger partial charge is 0.387 e. The predicted molar refractivity (Wildman–Crippen MR) is 78.4 cm³/mol. The number of nitriles is 1. The summed E-state index contributed by atoms with van der Waals surface area (Å²) in [7, 11) is 0. The maximum Gasteiger partial charge on any atom is 0.0969 e. The Hall–Kier alpha value is -1.44. The first-order chi connectivity index (χ1) is 9.19. The van der Waals surface area contributed by atoms with Gasteiger partial charge in [-0.1, -0.05) is 41.4 Å². The summed E-state index contributed by atoms with van der Waals surface area (Å²) in [4.78, 5) is 4.34. The molecule has 0 aliphatic heterocycles. The molecule has 0 radical (unpaired) electrons. The number of hydrogen-bond acceptors (Lipinski definition) is 3. The minimum atomic E-state index is -0.796. The Morgan fingerprint density at radius 1 is 1.42 bits per heavy atom. The molecule has 1 N–H and O–H groups in total. The van der Waals surface area contributed by atoms with Crippen molar-refractivity contribution in [2.24, 2.45) is 5.92 Å². The molecule has 2 unspecified atom stereocenters. The summed E-state index contributed by atoms with van der Waals surface area (Å²) in [5, 5.41) is 20.5. The Bertz CT molecular complexity index is 621. The molecule has 0 spiro atoms. The van der Waals surface area contributed by atoms with Crippen LogP contribution in [-0.4, -0.2) is 10.1 Å². The number of pyridine rings is 1. The van der Waals surface area contributed by atoms with Gasteiger partial charge in [-0.25, -0.2) is 0 Å². The Morgan fingerprint density at radius 3 is 2.89 bits per heavy atom. The van der Waals surface area contributed by atoms with Crippen LogP contribution in [0.4, 0.5) is 0 Å². The lowest BCUT2D eigenvalue weighted by Crippen LogP contribution is -2.11. The maximum atomic E-state index is 10.4. The molecule has 2 rings (SSSR count). The van der Waals surface area contributed by atoms with Crippen LogP contribution in [0.15, 0.2) is 34.9 Å². The van der Waals surface area contributed by atoms with Crippen molar-refractivity contribution >= 4 is 26.8 Å². The molecule has 0 saturated heterocycles. The summed E-state index contributed by atoms with van der Waals surface area (Å²) in [6.45, 7) is 2.01. The van der Waals surface area contributed by atoms with E-state index in [0.717, 1.165) is 27.4 Å². The molecule has 98 valence electrons. The van der Waals surface area contributed by atoms with E-state index in [-0.39, 0.29) is 0 Å². The lowest BCUT2D eigenvalue weighted by Gasteiger charge is -2.18. The number of hydrogen-bond donors (Lipinski definition) is 1. The van der Waals surface area contributed by atoms with Gasteiger partial charge in [-0.15, -0.1) is 0 Å². The third-order valence-electron chi connectivity index (χ3n) is 3.21. The van der Waals surface area contributed by atoms with Crippen LogP contribution in [0.3, 0.4) is 0 Å². The molecule has 3 nitrogen and oxygen atoms in total. The van der Waals surface area contributed by atoms with Crippen molar-refractivity contribution in [3.8, 4) is 6.07 Å². The third-order valence-corrected chi connectivity index (χ3v) is 3.90. The fourth-order valence-electron chi connectivity index (χ4n) is 2.22. The number of rotatable bonds is 4. The van der Waals surface area contributed by atoms with Crippen molar-refractivity contribution in [3.63, 3.8) is 0 Å². The summed E-state index contributed by atoms with van der Waals surface area (Å²) in [5.74, 6) is -0.392. The van der Waals surface area contributed by atoms with Crippen molar-refractivity contribution in [1.82, 2.24) is 4.98 Å². The Balaban J connectivity index is 2.51. The summed E-state index contributed by atoms with van der Waals surface area (Å²) in [5.41, 5.74) is 1.47. The highest BCUT2D eigenvalue weighted by Crippen LogP contribution is 2.33. The van der Waals surface area contributed by atoms with E-state index in [1.165, 1.54) is 0 Å². The summed E-state index contributed by atoms with van der Waals surface area (Å²) >= 11 is 3.48. The fourth-order valence-corrected chi connectivity index (χ4v) is 2.67. The third kappa shape index (κ3) is 2.78. The smallest absolute Gasteiger partial charge is 0.0969 e. The van der Waals surface area contributed by atoms with Crippen LogP contribution in [0, 0.1) is 17.2 Å². The Kier molecular flexibility index (Phi) is 4.52. The van der Waals surface area contributed by atoms with Gasteiger partial charge in [-0.05, 0) is 18.6 Å². The molecule has 2 atom stereocenters. The number of aromatic nitrogens is 1. The molecule has 0 bridgehead atoms. The van der Waals surface area contributed by atoms with E-state index in [2.05, 4.69) is 27.0 Å². The van der Waals surface area contributed by atoms with Crippen molar-refractivity contribution in [2.75, 3.05) is 0 Å². The van der Waals surface area contributed by atoms with Crippen molar-refractivity contribution in [1.29, 1.82) is 5.26 Å². The topological polar surface area (TPSA) is 56.9 Å². The highest BCUT2D eigenvalue weighted by Gasteiger charge is 2.22. The van der Waals surface area contributed by atoms with Gasteiger partial charge >= 0.3 is 0 Å². The number of aliphatic hydroxyl groups excluding tert-OH is 1. The zero-order valence-corrected chi connectivity index (χ0v) is 12.3. The lowest BCUT2D eigenvalue weighted by atomic mass is 9.92. The molecule has 0 saturated carbocycles. The quantitative estimate of drug-likeness (QED) is 0.927. The van der Waals surface area contributed by atoms with E-state index in [9.17, 15) is 10.4 Å². The molecule has 0 fully saturated rings. The number of nitrogens with zero attached hydrogens (tertiary/aromatic N) is 2. The number of benzene rings is 1. The van der Waals surface area contributed by atoms with Gasteiger partial charge in [0, 0.05) is 21.6 Å². The van der Waals surface area contributed by atoms with Gasteiger partial charge in [0.05, 0.1) is 23.6 Å². The predicted octanol–water partition coefficient (Wildman–Crippen LogP) is 3.97. The minimum Gasteiger partial charge on any atom is -0.387 e. The van der Waals surface area contributed by atoms with Gasteiger partial charge in [-0.3, -0.25) is 4.98 Å². The zero-order chi connectivity index (χ0) is 13.8. The molecule has 0 aliphatic carbocycles. The van der Waals surface area contributed by atoms with E-state index in [0.29, 0.717) is 6.42 Å². The van der Waals surface area contributed by atoms with Crippen LogP contribution in [0.5, 0.6) is 0 Å². The normalized spacial score (nSPS) is 14.0. The molecular weight excluding hydrogens is 304 g/mol. The second-order valence-corrected chi connectivity index (χ2v) is 5.36. The first-order valence-electron chi connectivity index (χ1n) is 6.29. The first-order valence-corrected chi connectivity index (χ1v) is 7.09. The highest BCUT2D eigenvalue weighted by molar-refractivity contribution is 9.10. The SMILES string of the molecule is CCCC(C#N)C(O)c1ccc(Br)c2cccnc12. The second kappa shape index (κ2) is 6.14. The summed E-state index contributed by atoms with van der Waals surface area (Å²) < 4.78 is 0.940. The molecule has 0 aliphatic rings. The fraction of sp³-hybridized carbons (Fsp3) is 0.333. The average Bonchev–Trinajstić information content (AvgIpc) is 2.45. The van der Waals surface area contributed by atoms with Crippen molar-refractivity contribution in [2.45, 2.75) is 25.9 Å². The minimum absolute atomic E-state index is 0.392. The van der Waals surface area contributed by atoms with Crippen LogP contribution in [0.1, 0.15) is 31.4 Å². The lowest BCUT2D eigenvalue weighted by molar-refractivity contribution is 0.131. The van der Waals surface area contributed by atoms with E-state index in [1.54, 1.807) is 6.20 Å². The standard InChI is InChI=1S/C15H15BrN2O/c1-2-4-10(9-17)15(19)12-6-7-13(16)11-5-3-8-18-14(11)12/h3,5-8,10,15,19H,2,4H2,1H3. The number of fused-ring (bicyclic) bond motifs is 1. The summed E-state index contributed by atoms with van der Waals surface area (Å²) in [6.07, 6.45) is 2.46. The Morgan fingerprint density at radius 2 is 2.21 bits per heavy atom. The molecule has 4 heteroatoms. The number of aliphatic hydroxyl groups is 1. The zero-order valence-electron chi connectivity index (χ0n) is 10.7. The van der Waals surface area contributed by atoms with Gasteiger partial charge in [0.2, 0.25) is 0 Å². The Labute approximate surface area is 121 Å². The van der Waals surface area contributed by atoms with Crippen molar-refractivity contribution < 1.29 is 5.11 Å².